The van der Waals surface area contributed by atoms with Crippen LogP contribution in [0.1, 0.15) is 45.0 Å². The molecule has 2 N–H and O–H groups in total. The van der Waals surface area contributed by atoms with Gasteiger partial charge < -0.3 is 4.90 Å². The molecule has 0 bridgehead atoms. The highest BCUT2D eigenvalue weighted by Crippen LogP contribution is 2.17. The van der Waals surface area contributed by atoms with Crippen molar-refractivity contribution in [2.75, 3.05) is 19.6 Å². The molecule has 0 saturated heterocycles. The van der Waals surface area contributed by atoms with Crippen LogP contribution in [0, 0.1) is 13.8 Å². The molecule has 1 aromatic heterocycles. The van der Waals surface area contributed by atoms with Gasteiger partial charge in [0.2, 0.25) is 10.0 Å². The standard InChI is InChI=1S/C14H28N4O2S/c1-6-18(7-2)10-8-9-11(3)17-21(19,20)14-12(4)15-16-13(14)5/h11,17H,6-10H2,1-5H3,(H,15,16). The van der Waals surface area contributed by atoms with Crippen LogP contribution in [0.5, 0.6) is 0 Å². The molecule has 0 aromatic carbocycles. The summed E-state index contributed by atoms with van der Waals surface area (Å²) in [5.41, 5.74) is 1.09. The highest BCUT2D eigenvalue weighted by molar-refractivity contribution is 7.89. The van der Waals surface area contributed by atoms with Crippen LogP contribution in [0.3, 0.4) is 0 Å². The van der Waals surface area contributed by atoms with Crippen LogP contribution >= 0.6 is 0 Å². The maximum atomic E-state index is 12.4. The molecule has 6 nitrogen and oxygen atoms in total. The molecule has 0 aliphatic heterocycles. The molecule has 21 heavy (non-hydrogen) atoms. The molecule has 7 heteroatoms. The zero-order chi connectivity index (χ0) is 16.0. The van der Waals surface area contributed by atoms with Crippen LogP contribution in [0.25, 0.3) is 0 Å². The van der Waals surface area contributed by atoms with Crippen molar-refractivity contribution >= 4 is 10.0 Å². The van der Waals surface area contributed by atoms with Crippen molar-refractivity contribution in [2.24, 2.45) is 0 Å². The summed E-state index contributed by atoms with van der Waals surface area (Å²) in [5.74, 6) is 0. The Morgan fingerprint density at radius 2 is 1.90 bits per heavy atom. The third-order valence-corrected chi connectivity index (χ3v) is 5.54. The normalized spacial score (nSPS) is 13.8. The maximum Gasteiger partial charge on any atom is 0.244 e. The van der Waals surface area contributed by atoms with E-state index in [9.17, 15) is 8.42 Å². The van der Waals surface area contributed by atoms with Gasteiger partial charge in [0.1, 0.15) is 4.90 Å². The summed E-state index contributed by atoms with van der Waals surface area (Å²) >= 11 is 0. The number of rotatable bonds is 9. The van der Waals surface area contributed by atoms with E-state index in [4.69, 9.17) is 0 Å². The molecule has 1 heterocycles. The lowest BCUT2D eigenvalue weighted by Gasteiger charge is -2.19. The molecule has 1 unspecified atom stereocenters. The van der Waals surface area contributed by atoms with Gasteiger partial charge in [-0.2, -0.15) is 5.10 Å². The third-order valence-electron chi connectivity index (χ3n) is 3.69. The molecule has 0 fully saturated rings. The lowest BCUT2D eigenvalue weighted by atomic mass is 10.2. The van der Waals surface area contributed by atoms with E-state index < -0.39 is 10.0 Å². The summed E-state index contributed by atoms with van der Waals surface area (Å²) in [6.45, 7) is 12.7. The van der Waals surface area contributed by atoms with Gasteiger partial charge in [0.25, 0.3) is 0 Å². The van der Waals surface area contributed by atoms with Crippen LogP contribution in [-0.2, 0) is 10.0 Å². The summed E-state index contributed by atoms with van der Waals surface area (Å²) in [5, 5.41) is 6.66. The van der Waals surface area contributed by atoms with E-state index >= 15 is 0 Å². The minimum Gasteiger partial charge on any atom is -0.304 e. The third kappa shape index (κ3) is 5.09. The fourth-order valence-electron chi connectivity index (χ4n) is 2.48. The Kier molecular flexibility index (Phi) is 6.83. The van der Waals surface area contributed by atoms with Crippen molar-refractivity contribution in [1.29, 1.82) is 0 Å². The van der Waals surface area contributed by atoms with Crippen molar-refractivity contribution in [3.05, 3.63) is 11.4 Å². The SMILES string of the molecule is CCN(CC)CCCC(C)NS(=O)(=O)c1c(C)n[nH]c1C. The molecular weight excluding hydrogens is 288 g/mol. The first-order valence-corrected chi connectivity index (χ1v) is 9.06. The molecule has 0 amide bonds. The van der Waals surface area contributed by atoms with Gasteiger partial charge in [-0.3, -0.25) is 5.10 Å². The van der Waals surface area contributed by atoms with E-state index in [1.54, 1.807) is 13.8 Å². The highest BCUT2D eigenvalue weighted by Gasteiger charge is 2.23. The fraction of sp³-hybridized carbons (Fsp3) is 0.786. The van der Waals surface area contributed by atoms with Crippen molar-refractivity contribution in [1.82, 2.24) is 19.8 Å². The molecular formula is C14H28N4O2S. The first-order valence-electron chi connectivity index (χ1n) is 7.58. The van der Waals surface area contributed by atoms with Gasteiger partial charge in [-0.15, -0.1) is 0 Å². The Hall–Kier alpha value is -0.920. The smallest absolute Gasteiger partial charge is 0.244 e. The summed E-state index contributed by atoms with van der Waals surface area (Å²) in [4.78, 5) is 2.61. The molecule has 0 spiro atoms. The van der Waals surface area contributed by atoms with Crippen LogP contribution in [0.15, 0.2) is 4.90 Å². The van der Waals surface area contributed by atoms with Crippen LogP contribution in [0.4, 0.5) is 0 Å². The first kappa shape index (κ1) is 18.1. The Balaban J connectivity index is 2.56. The summed E-state index contributed by atoms with van der Waals surface area (Å²) in [7, 11) is -3.50. The number of hydrogen-bond acceptors (Lipinski definition) is 4. The van der Waals surface area contributed by atoms with Crippen molar-refractivity contribution in [3.8, 4) is 0 Å². The predicted octanol–water partition coefficient (Wildman–Crippen LogP) is 1.82. The molecule has 1 aromatic rings. The van der Waals surface area contributed by atoms with Gasteiger partial charge >= 0.3 is 0 Å². The number of aryl methyl sites for hydroxylation is 2. The zero-order valence-corrected chi connectivity index (χ0v) is 14.5. The van der Waals surface area contributed by atoms with Crippen LogP contribution in [0.2, 0.25) is 0 Å². The monoisotopic (exact) mass is 316 g/mol. The highest BCUT2D eigenvalue weighted by atomic mass is 32.2. The second-order valence-corrected chi connectivity index (χ2v) is 7.11. The quantitative estimate of drug-likeness (QED) is 0.728. The van der Waals surface area contributed by atoms with E-state index in [1.807, 2.05) is 6.92 Å². The van der Waals surface area contributed by atoms with Gasteiger partial charge in [0.05, 0.1) is 11.4 Å². The lowest BCUT2D eigenvalue weighted by Crippen LogP contribution is -2.34. The average molecular weight is 316 g/mol. The van der Waals surface area contributed by atoms with Crippen LogP contribution < -0.4 is 4.72 Å². The summed E-state index contributed by atoms with van der Waals surface area (Å²) in [6.07, 6.45) is 1.81. The minimum atomic E-state index is -3.50. The Labute approximate surface area is 128 Å². The van der Waals surface area contributed by atoms with Crippen molar-refractivity contribution < 1.29 is 8.42 Å². The number of nitrogens with one attached hydrogen (secondary N) is 2. The molecule has 122 valence electrons. The topological polar surface area (TPSA) is 78.1 Å². The maximum absolute atomic E-state index is 12.4. The van der Waals surface area contributed by atoms with Gasteiger partial charge in [0, 0.05) is 6.04 Å². The van der Waals surface area contributed by atoms with Gasteiger partial charge in [-0.25, -0.2) is 13.1 Å². The Morgan fingerprint density at radius 3 is 2.38 bits per heavy atom. The number of aromatic nitrogens is 2. The van der Waals surface area contributed by atoms with Gasteiger partial charge in [-0.05, 0) is 53.2 Å². The van der Waals surface area contributed by atoms with E-state index in [0.717, 1.165) is 32.5 Å². The summed E-state index contributed by atoms with van der Waals surface area (Å²) in [6, 6.07) is -0.0840. The fourth-order valence-corrected chi connectivity index (χ4v) is 4.13. The van der Waals surface area contributed by atoms with E-state index in [0.29, 0.717) is 11.4 Å². The molecule has 1 rings (SSSR count). The number of nitrogens with zero attached hydrogens (tertiary/aromatic N) is 2. The summed E-state index contributed by atoms with van der Waals surface area (Å²) < 4.78 is 27.5. The van der Waals surface area contributed by atoms with Crippen molar-refractivity contribution in [2.45, 2.75) is 58.4 Å². The van der Waals surface area contributed by atoms with E-state index in [-0.39, 0.29) is 10.9 Å². The van der Waals surface area contributed by atoms with Crippen molar-refractivity contribution in [3.63, 3.8) is 0 Å². The Bertz CT molecular complexity index is 516. The Morgan fingerprint density at radius 1 is 1.29 bits per heavy atom. The van der Waals surface area contributed by atoms with Crippen LogP contribution in [-0.4, -0.2) is 49.2 Å². The number of aromatic amines is 1. The van der Waals surface area contributed by atoms with Gasteiger partial charge in [-0.1, -0.05) is 13.8 Å². The average Bonchev–Trinajstić information content (AvgIpc) is 2.74. The first-order chi connectivity index (χ1) is 9.81. The molecule has 0 radical (unpaired) electrons. The van der Waals surface area contributed by atoms with E-state index in [2.05, 4.69) is 33.7 Å². The predicted molar refractivity (Wildman–Crippen MR) is 84.9 cm³/mol. The van der Waals surface area contributed by atoms with E-state index in [1.165, 1.54) is 0 Å². The van der Waals surface area contributed by atoms with Gasteiger partial charge in [0.15, 0.2) is 0 Å². The molecule has 0 aliphatic rings. The number of H-pyrrole nitrogens is 1. The second kappa shape index (κ2) is 7.91. The number of hydrogen-bond donors (Lipinski definition) is 2. The molecule has 0 aliphatic carbocycles. The second-order valence-electron chi connectivity index (χ2n) is 5.45. The number of sulfonamides is 1. The largest absolute Gasteiger partial charge is 0.304 e. The molecule has 1 atom stereocenters. The lowest BCUT2D eigenvalue weighted by molar-refractivity contribution is 0.293. The minimum absolute atomic E-state index is 0.0840. The zero-order valence-electron chi connectivity index (χ0n) is 13.7. The molecule has 0 saturated carbocycles.